The van der Waals surface area contributed by atoms with Crippen LogP contribution in [0.2, 0.25) is 0 Å². The summed E-state index contributed by atoms with van der Waals surface area (Å²) >= 11 is 0. The van der Waals surface area contributed by atoms with E-state index in [9.17, 15) is 14.4 Å². The van der Waals surface area contributed by atoms with Gasteiger partial charge in [-0.3, -0.25) is 14.4 Å². The van der Waals surface area contributed by atoms with Crippen molar-refractivity contribution < 1.29 is 19.1 Å². The van der Waals surface area contributed by atoms with E-state index in [4.69, 9.17) is 4.74 Å². The number of para-hydroxylation sites is 1. The second-order valence-corrected chi connectivity index (χ2v) is 6.52. The minimum absolute atomic E-state index is 0.130. The zero-order valence-corrected chi connectivity index (χ0v) is 16.3. The first kappa shape index (κ1) is 20.8. The molecule has 0 heterocycles. The molecule has 0 fully saturated rings. The molecule has 0 unspecified atom stereocenters. The van der Waals surface area contributed by atoms with Gasteiger partial charge in [0, 0.05) is 12.1 Å². The van der Waals surface area contributed by atoms with Crippen LogP contribution in [0, 0.1) is 0 Å². The van der Waals surface area contributed by atoms with Gasteiger partial charge >= 0.3 is 0 Å². The highest BCUT2D eigenvalue weighted by molar-refractivity contribution is 6.03. The lowest BCUT2D eigenvalue weighted by Crippen LogP contribution is -2.31. The van der Waals surface area contributed by atoms with Crippen molar-refractivity contribution in [3.05, 3.63) is 102 Å². The van der Waals surface area contributed by atoms with Crippen molar-refractivity contribution in [2.24, 2.45) is 0 Å². The van der Waals surface area contributed by atoms with E-state index in [0.717, 1.165) is 5.56 Å². The summed E-state index contributed by atoms with van der Waals surface area (Å²) in [4.78, 5) is 36.7. The Morgan fingerprint density at radius 3 is 2.10 bits per heavy atom. The van der Waals surface area contributed by atoms with E-state index in [0.29, 0.717) is 12.1 Å². The molecule has 3 aromatic rings. The molecule has 0 aliphatic rings. The van der Waals surface area contributed by atoms with Gasteiger partial charge in [0.2, 0.25) is 0 Å². The SMILES string of the molecule is O=C(COc1ccccc1C(=O)NCC(=O)c1ccccc1)NCc1ccccc1. The quantitative estimate of drug-likeness (QED) is 0.539. The lowest BCUT2D eigenvalue weighted by molar-refractivity contribution is -0.123. The number of ketones is 1. The Balaban J connectivity index is 1.52. The van der Waals surface area contributed by atoms with Crippen molar-refractivity contribution >= 4 is 17.6 Å². The third kappa shape index (κ3) is 6.04. The number of Topliss-reactive ketones (excluding diaryl/α,β-unsaturated/α-hetero) is 1. The third-order valence-corrected chi connectivity index (χ3v) is 4.33. The molecule has 0 saturated heterocycles. The van der Waals surface area contributed by atoms with E-state index in [-0.39, 0.29) is 36.2 Å². The largest absolute Gasteiger partial charge is 0.483 e. The maximum Gasteiger partial charge on any atom is 0.258 e. The molecule has 0 aliphatic heterocycles. The first-order valence-electron chi connectivity index (χ1n) is 9.52. The summed E-state index contributed by atoms with van der Waals surface area (Å²) in [5, 5.41) is 5.37. The highest BCUT2D eigenvalue weighted by atomic mass is 16.5. The minimum atomic E-state index is -0.445. The molecule has 0 saturated carbocycles. The number of benzene rings is 3. The number of hydrogen-bond acceptors (Lipinski definition) is 4. The Hall–Kier alpha value is -3.93. The highest BCUT2D eigenvalue weighted by Gasteiger charge is 2.15. The van der Waals surface area contributed by atoms with Gasteiger partial charge in [0.05, 0.1) is 12.1 Å². The monoisotopic (exact) mass is 402 g/mol. The second-order valence-electron chi connectivity index (χ2n) is 6.52. The van der Waals surface area contributed by atoms with Gasteiger partial charge in [0.15, 0.2) is 12.4 Å². The lowest BCUT2D eigenvalue weighted by Gasteiger charge is -2.12. The topological polar surface area (TPSA) is 84.5 Å². The van der Waals surface area contributed by atoms with Crippen molar-refractivity contribution in [2.75, 3.05) is 13.2 Å². The standard InChI is InChI=1S/C24H22N2O4/c27-21(19-11-5-2-6-12-19)16-26-24(29)20-13-7-8-14-22(20)30-17-23(28)25-15-18-9-3-1-4-10-18/h1-14H,15-17H2,(H,25,28)(H,26,29). The summed E-state index contributed by atoms with van der Waals surface area (Å²) in [7, 11) is 0. The first-order valence-corrected chi connectivity index (χ1v) is 9.52. The number of hydrogen-bond donors (Lipinski definition) is 2. The predicted molar refractivity (Wildman–Crippen MR) is 113 cm³/mol. The van der Waals surface area contributed by atoms with E-state index in [1.807, 2.05) is 36.4 Å². The number of rotatable bonds is 9. The Labute approximate surface area is 174 Å². The van der Waals surface area contributed by atoms with Crippen molar-refractivity contribution in [3.63, 3.8) is 0 Å². The summed E-state index contributed by atoms with van der Waals surface area (Å²) in [6.07, 6.45) is 0. The van der Waals surface area contributed by atoms with Crippen LogP contribution < -0.4 is 15.4 Å². The molecular formula is C24H22N2O4. The zero-order chi connectivity index (χ0) is 21.2. The second kappa shape index (κ2) is 10.6. The van der Waals surface area contributed by atoms with Crippen molar-refractivity contribution in [3.8, 4) is 5.75 Å². The van der Waals surface area contributed by atoms with Gasteiger partial charge in [-0.2, -0.15) is 0 Å². The van der Waals surface area contributed by atoms with Crippen LogP contribution in [-0.4, -0.2) is 30.7 Å². The van der Waals surface area contributed by atoms with Gasteiger partial charge in [0.1, 0.15) is 5.75 Å². The summed E-state index contributed by atoms with van der Waals surface area (Å²) in [6.45, 7) is 0.0432. The van der Waals surface area contributed by atoms with Gasteiger partial charge in [-0.1, -0.05) is 72.8 Å². The van der Waals surface area contributed by atoms with Crippen LogP contribution in [0.15, 0.2) is 84.9 Å². The van der Waals surface area contributed by atoms with E-state index >= 15 is 0 Å². The summed E-state index contributed by atoms with van der Waals surface area (Å²) in [6, 6.07) is 24.9. The number of amides is 2. The van der Waals surface area contributed by atoms with Crippen molar-refractivity contribution in [1.29, 1.82) is 0 Å². The Bertz CT molecular complexity index is 1000. The number of ether oxygens (including phenoxy) is 1. The summed E-state index contributed by atoms with van der Waals surface area (Å²) in [5.41, 5.74) is 1.76. The fourth-order valence-electron chi connectivity index (χ4n) is 2.75. The third-order valence-electron chi connectivity index (χ3n) is 4.33. The fourth-order valence-corrected chi connectivity index (χ4v) is 2.75. The maximum absolute atomic E-state index is 12.5. The van der Waals surface area contributed by atoms with Crippen LogP contribution in [0.1, 0.15) is 26.3 Å². The minimum Gasteiger partial charge on any atom is -0.483 e. The molecule has 6 nitrogen and oxygen atoms in total. The molecule has 0 bridgehead atoms. The average molecular weight is 402 g/mol. The normalized spacial score (nSPS) is 10.1. The van der Waals surface area contributed by atoms with E-state index in [1.54, 1.807) is 48.5 Å². The van der Waals surface area contributed by atoms with Crippen LogP contribution in [0.4, 0.5) is 0 Å². The van der Waals surface area contributed by atoms with Crippen molar-refractivity contribution in [1.82, 2.24) is 10.6 Å². The molecule has 30 heavy (non-hydrogen) atoms. The van der Waals surface area contributed by atoms with Crippen LogP contribution in [-0.2, 0) is 11.3 Å². The summed E-state index contributed by atoms with van der Waals surface area (Å²) in [5.74, 6) is -0.660. The molecule has 0 radical (unpaired) electrons. The van der Waals surface area contributed by atoms with Crippen LogP contribution in [0.25, 0.3) is 0 Å². The van der Waals surface area contributed by atoms with Crippen molar-refractivity contribution in [2.45, 2.75) is 6.54 Å². The lowest BCUT2D eigenvalue weighted by atomic mass is 10.1. The van der Waals surface area contributed by atoms with Gasteiger partial charge < -0.3 is 15.4 Å². The fraction of sp³-hybridized carbons (Fsp3) is 0.125. The van der Waals surface area contributed by atoms with Gasteiger partial charge in [-0.15, -0.1) is 0 Å². The predicted octanol–water partition coefficient (Wildman–Crippen LogP) is 2.99. The Morgan fingerprint density at radius 2 is 1.37 bits per heavy atom. The number of carbonyl (C=O) groups excluding carboxylic acids is 3. The van der Waals surface area contributed by atoms with Crippen LogP contribution in [0.3, 0.4) is 0 Å². The molecule has 6 heteroatoms. The smallest absolute Gasteiger partial charge is 0.258 e. The molecule has 0 atom stereocenters. The van der Waals surface area contributed by atoms with Gasteiger partial charge in [-0.05, 0) is 17.7 Å². The number of carbonyl (C=O) groups is 3. The Morgan fingerprint density at radius 1 is 0.733 bits per heavy atom. The van der Waals surface area contributed by atoms with Crippen LogP contribution in [0.5, 0.6) is 5.75 Å². The maximum atomic E-state index is 12.5. The van der Waals surface area contributed by atoms with E-state index in [2.05, 4.69) is 10.6 Å². The molecule has 2 N–H and O–H groups in total. The molecule has 0 aromatic heterocycles. The van der Waals surface area contributed by atoms with Gasteiger partial charge in [0.25, 0.3) is 11.8 Å². The first-order chi connectivity index (χ1) is 14.6. The molecule has 2 amide bonds. The summed E-state index contributed by atoms with van der Waals surface area (Å²) < 4.78 is 5.54. The Kier molecular flexibility index (Phi) is 7.33. The van der Waals surface area contributed by atoms with E-state index < -0.39 is 5.91 Å². The highest BCUT2D eigenvalue weighted by Crippen LogP contribution is 2.17. The van der Waals surface area contributed by atoms with E-state index in [1.165, 1.54) is 0 Å². The van der Waals surface area contributed by atoms with Gasteiger partial charge in [-0.25, -0.2) is 0 Å². The number of nitrogens with one attached hydrogen (secondary N) is 2. The molecule has 152 valence electrons. The molecule has 3 rings (SSSR count). The molecular weight excluding hydrogens is 380 g/mol. The molecule has 3 aromatic carbocycles. The molecule has 0 aliphatic carbocycles. The average Bonchev–Trinajstić information content (AvgIpc) is 2.81. The van der Waals surface area contributed by atoms with Crippen LogP contribution >= 0.6 is 0 Å². The zero-order valence-electron chi connectivity index (χ0n) is 16.3. The molecule has 0 spiro atoms.